The zero-order chi connectivity index (χ0) is 16.1. The highest BCUT2D eigenvalue weighted by Crippen LogP contribution is 2.15. The van der Waals surface area contributed by atoms with E-state index >= 15 is 0 Å². The molecule has 1 saturated heterocycles. The summed E-state index contributed by atoms with van der Waals surface area (Å²) in [4.78, 5) is 28.6. The van der Waals surface area contributed by atoms with E-state index < -0.39 is 0 Å². The van der Waals surface area contributed by atoms with Crippen LogP contribution in [0, 0.1) is 12.8 Å². The van der Waals surface area contributed by atoms with E-state index in [9.17, 15) is 9.59 Å². The normalized spacial score (nSPS) is 15.3. The van der Waals surface area contributed by atoms with Crippen LogP contribution in [0.25, 0.3) is 0 Å². The van der Waals surface area contributed by atoms with Gasteiger partial charge in [0.1, 0.15) is 0 Å². The van der Waals surface area contributed by atoms with Gasteiger partial charge in [0.2, 0.25) is 5.91 Å². The van der Waals surface area contributed by atoms with Crippen LogP contribution in [0.3, 0.4) is 0 Å². The van der Waals surface area contributed by atoms with Crippen molar-refractivity contribution in [1.29, 1.82) is 0 Å². The van der Waals surface area contributed by atoms with E-state index in [1.54, 1.807) is 0 Å². The fourth-order valence-electron chi connectivity index (χ4n) is 2.99. The van der Waals surface area contributed by atoms with E-state index in [0.717, 1.165) is 24.0 Å². The molecule has 0 bridgehead atoms. The molecule has 0 saturated carbocycles. The second-order valence-corrected chi connectivity index (χ2v) is 6.00. The maximum absolute atomic E-state index is 12.5. The van der Waals surface area contributed by atoms with E-state index in [1.807, 2.05) is 41.0 Å². The molecule has 0 aliphatic carbocycles. The molecule has 1 fully saturated rings. The van der Waals surface area contributed by atoms with Gasteiger partial charge in [0, 0.05) is 37.7 Å². The van der Waals surface area contributed by atoms with Crippen molar-refractivity contribution in [3.8, 4) is 0 Å². The van der Waals surface area contributed by atoms with Gasteiger partial charge in [-0.05, 0) is 31.9 Å². The third-order valence-corrected chi connectivity index (χ3v) is 4.48. The average Bonchev–Trinajstić information content (AvgIpc) is 2.55. The minimum Gasteiger partial charge on any atom is -0.339 e. The fourth-order valence-corrected chi connectivity index (χ4v) is 2.99. The van der Waals surface area contributed by atoms with Gasteiger partial charge in [-0.1, -0.05) is 31.5 Å². The number of nitrogens with zero attached hydrogens (tertiary/aromatic N) is 2. The van der Waals surface area contributed by atoms with Crippen LogP contribution < -0.4 is 0 Å². The lowest BCUT2D eigenvalue weighted by atomic mass is 10.0. The maximum atomic E-state index is 12.5. The Morgan fingerprint density at radius 1 is 1.05 bits per heavy atom. The van der Waals surface area contributed by atoms with Crippen LogP contribution in [-0.4, -0.2) is 47.8 Å². The summed E-state index contributed by atoms with van der Waals surface area (Å²) < 4.78 is 0. The largest absolute Gasteiger partial charge is 0.339 e. The number of rotatable bonds is 4. The summed E-state index contributed by atoms with van der Waals surface area (Å²) in [5, 5.41) is 0. The predicted molar refractivity (Wildman–Crippen MR) is 87.7 cm³/mol. The van der Waals surface area contributed by atoms with Crippen LogP contribution in [0.15, 0.2) is 24.3 Å². The Kier molecular flexibility index (Phi) is 5.58. The molecule has 0 unspecified atom stereocenters. The molecule has 0 radical (unpaired) electrons. The third kappa shape index (κ3) is 3.67. The van der Waals surface area contributed by atoms with Gasteiger partial charge >= 0.3 is 0 Å². The van der Waals surface area contributed by atoms with Crippen LogP contribution in [0.5, 0.6) is 0 Å². The highest BCUT2D eigenvalue weighted by atomic mass is 16.2. The number of carbonyl (C=O) groups excluding carboxylic acids is 2. The second-order valence-electron chi connectivity index (χ2n) is 6.00. The lowest BCUT2D eigenvalue weighted by molar-refractivity contribution is -0.137. The summed E-state index contributed by atoms with van der Waals surface area (Å²) in [6.07, 6.45) is 1.77. The highest BCUT2D eigenvalue weighted by Gasteiger charge is 2.27. The molecule has 120 valence electrons. The smallest absolute Gasteiger partial charge is 0.253 e. The number of piperazine rings is 1. The van der Waals surface area contributed by atoms with E-state index in [1.165, 1.54) is 0 Å². The minimum atomic E-state index is 0.0679. The molecule has 1 heterocycles. The molecule has 1 aromatic rings. The minimum absolute atomic E-state index is 0.0679. The number of amides is 2. The molecule has 2 amide bonds. The molecule has 1 aliphatic heterocycles. The van der Waals surface area contributed by atoms with E-state index in [2.05, 4.69) is 13.8 Å². The molecule has 4 heteroatoms. The van der Waals surface area contributed by atoms with Crippen molar-refractivity contribution >= 4 is 11.8 Å². The summed E-state index contributed by atoms with van der Waals surface area (Å²) in [5.74, 6) is 0.435. The third-order valence-electron chi connectivity index (χ3n) is 4.48. The molecule has 2 rings (SSSR count). The molecule has 22 heavy (non-hydrogen) atoms. The van der Waals surface area contributed by atoms with Crippen molar-refractivity contribution in [2.45, 2.75) is 33.6 Å². The first kappa shape index (κ1) is 16.5. The zero-order valence-electron chi connectivity index (χ0n) is 13.8. The molecular weight excluding hydrogens is 276 g/mol. The van der Waals surface area contributed by atoms with Crippen molar-refractivity contribution in [3.63, 3.8) is 0 Å². The number of aryl methyl sites for hydroxylation is 1. The van der Waals surface area contributed by atoms with Gasteiger partial charge in [-0.2, -0.15) is 0 Å². The number of hydrogen-bond donors (Lipinski definition) is 0. The van der Waals surface area contributed by atoms with E-state index in [-0.39, 0.29) is 17.7 Å². The Morgan fingerprint density at radius 3 is 2.18 bits per heavy atom. The predicted octanol–water partition coefficient (Wildman–Crippen LogP) is 2.72. The van der Waals surface area contributed by atoms with Gasteiger partial charge in [-0.25, -0.2) is 0 Å². The standard InChI is InChI=1S/C18H26N2O2/c1-4-15(5-2)17(21)19-9-11-20(12-10-19)18(22)16-8-6-7-14(3)13-16/h6-8,13,15H,4-5,9-12H2,1-3H3. The van der Waals surface area contributed by atoms with Gasteiger partial charge < -0.3 is 9.80 Å². The van der Waals surface area contributed by atoms with Crippen molar-refractivity contribution in [2.24, 2.45) is 5.92 Å². The molecular formula is C18H26N2O2. The Hall–Kier alpha value is -1.84. The highest BCUT2D eigenvalue weighted by molar-refractivity contribution is 5.94. The first-order chi connectivity index (χ1) is 10.6. The number of carbonyl (C=O) groups is 2. The van der Waals surface area contributed by atoms with Crippen molar-refractivity contribution in [2.75, 3.05) is 26.2 Å². The van der Waals surface area contributed by atoms with Crippen LogP contribution in [0.1, 0.15) is 42.6 Å². The van der Waals surface area contributed by atoms with Gasteiger partial charge in [0.15, 0.2) is 0 Å². The molecule has 0 spiro atoms. The van der Waals surface area contributed by atoms with Gasteiger partial charge in [0.05, 0.1) is 0 Å². The van der Waals surface area contributed by atoms with Gasteiger partial charge in [-0.15, -0.1) is 0 Å². The molecule has 1 aliphatic rings. The Morgan fingerprint density at radius 2 is 1.64 bits per heavy atom. The lowest BCUT2D eigenvalue weighted by Crippen LogP contribution is -2.51. The summed E-state index contributed by atoms with van der Waals surface area (Å²) in [5.41, 5.74) is 1.83. The van der Waals surface area contributed by atoms with Crippen LogP contribution in [-0.2, 0) is 4.79 Å². The quantitative estimate of drug-likeness (QED) is 0.858. The number of hydrogen-bond acceptors (Lipinski definition) is 2. The van der Waals surface area contributed by atoms with Crippen molar-refractivity contribution < 1.29 is 9.59 Å². The summed E-state index contributed by atoms with van der Waals surface area (Å²) >= 11 is 0. The number of benzene rings is 1. The summed E-state index contributed by atoms with van der Waals surface area (Å²) in [6.45, 7) is 8.65. The van der Waals surface area contributed by atoms with E-state index in [0.29, 0.717) is 26.2 Å². The summed E-state index contributed by atoms with van der Waals surface area (Å²) in [6, 6.07) is 7.68. The summed E-state index contributed by atoms with van der Waals surface area (Å²) in [7, 11) is 0. The fraction of sp³-hybridized carbons (Fsp3) is 0.556. The van der Waals surface area contributed by atoms with Crippen molar-refractivity contribution in [1.82, 2.24) is 9.80 Å². The Labute approximate surface area is 133 Å². The zero-order valence-corrected chi connectivity index (χ0v) is 13.8. The van der Waals surface area contributed by atoms with Crippen LogP contribution >= 0.6 is 0 Å². The lowest BCUT2D eigenvalue weighted by Gasteiger charge is -2.36. The van der Waals surface area contributed by atoms with Crippen molar-refractivity contribution in [3.05, 3.63) is 35.4 Å². The first-order valence-electron chi connectivity index (χ1n) is 8.21. The molecule has 0 N–H and O–H groups in total. The topological polar surface area (TPSA) is 40.6 Å². The second kappa shape index (κ2) is 7.43. The SMILES string of the molecule is CCC(CC)C(=O)N1CCN(C(=O)c2cccc(C)c2)CC1. The Balaban J connectivity index is 1.94. The molecule has 0 atom stereocenters. The van der Waals surface area contributed by atoms with Crippen LogP contribution in [0.2, 0.25) is 0 Å². The molecule has 0 aromatic heterocycles. The van der Waals surface area contributed by atoms with E-state index in [4.69, 9.17) is 0 Å². The molecule has 4 nitrogen and oxygen atoms in total. The average molecular weight is 302 g/mol. The Bertz CT molecular complexity index is 530. The first-order valence-corrected chi connectivity index (χ1v) is 8.21. The molecule has 1 aromatic carbocycles. The van der Waals surface area contributed by atoms with Gasteiger partial charge in [0.25, 0.3) is 5.91 Å². The van der Waals surface area contributed by atoms with Crippen LogP contribution in [0.4, 0.5) is 0 Å². The maximum Gasteiger partial charge on any atom is 0.253 e. The monoisotopic (exact) mass is 302 g/mol. The van der Waals surface area contributed by atoms with Gasteiger partial charge in [-0.3, -0.25) is 9.59 Å².